The maximum absolute atomic E-state index is 10.6. The van der Waals surface area contributed by atoms with Crippen LogP contribution in [0.5, 0.6) is 5.75 Å². The third-order valence-corrected chi connectivity index (χ3v) is 7.19. The molecule has 30 heavy (non-hydrogen) atoms. The predicted octanol–water partition coefficient (Wildman–Crippen LogP) is 4.40. The van der Waals surface area contributed by atoms with Crippen LogP contribution in [0.15, 0.2) is 48.9 Å². The summed E-state index contributed by atoms with van der Waals surface area (Å²) in [6.45, 7) is 8.09. The minimum atomic E-state index is 0.160. The van der Waals surface area contributed by atoms with Gasteiger partial charge in [-0.3, -0.25) is 10.1 Å². The smallest absolute Gasteiger partial charge is 0.125 e. The molecule has 1 fully saturated rings. The Kier molecular flexibility index (Phi) is 5.28. The minimum absolute atomic E-state index is 0.160. The Balaban J connectivity index is 1.54. The molecule has 3 heterocycles. The molecule has 1 aliphatic rings. The van der Waals surface area contributed by atoms with E-state index in [0.717, 1.165) is 41.0 Å². The highest BCUT2D eigenvalue weighted by atomic mass is 16.3. The molecule has 2 N–H and O–H groups in total. The van der Waals surface area contributed by atoms with Crippen LogP contribution >= 0.6 is 0 Å². The second-order valence-electron chi connectivity index (χ2n) is 8.95. The summed E-state index contributed by atoms with van der Waals surface area (Å²) >= 11 is 0. The maximum Gasteiger partial charge on any atom is 0.125 e. The Morgan fingerprint density at radius 3 is 2.60 bits per heavy atom. The van der Waals surface area contributed by atoms with Crippen molar-refractivity contribution in [1.82, 2.24) is 20.1 Å². The van der Waals surface area contributed by atoms with Crippen LogP contribution < -0.4 is 4.90 Å². The summed E-state index contributed by atoms with van der Waals surface area (Å²) < 4.78 is 0. The highest BCUT2D eigenvalue weighted by molar-refractivity contribution is 5.74. The molecule has 6 nitrogen and oxygen atoms in total. The molecule has 0 amide bonds. The van der Waals surface area contributed by atoms with Crippen molar-refractivity contribution in [3.8, 4) is 28.1 Å². The molecule has 0 aliphatic carbocycles. The van der Waals surface area contributed by atoms with Crippen molar-refractivity contribution in [3.63, 3.8) is 0 Å². The first-order valence-electron chi connectivity index (χ1n) is 10.5. The van der Waals surface area contributed by atoms with Gasteiger partial charge in [-0.25, -0.2) is 0 Å². The molecule has 0 saturated carbocycles. The van der Waals surface area contributed by atoms with Crippen LogP contribution in [0.2, 0.25) is 0 Å². The first-order valence-corrected chi connectivity index (χ1v) is 10.5. The summed E-state index contributed by atoms with van der Waals surface area (Å²) in [6, 6.07) is 10.2. The Morgan fingerprint density at radius 2 is 1.97 bits per heavy atom. The molecule has 2 unspecified atom stereocenters. The number of benzene rings is 1. The van der Waals surface area contributed by atoms with Crippen LogP contribution in [0.1, 0.15) is 27.2 Å². The van der Waals surface area contributed by atoms with Crippen molar-refractivity contribution in [1.29, 1.82) is 0 Å². The molecule has 4 rings (SSSR count). The molecule has 2 atom stereocenters. The van der Waals surface area contributed by atoms with E-state index in [1.807, 2.05) is 30.6 Å². The van der Waals surface area contributed by atoms with Gasteiger partial charge in [-0.15, -0.1) is 0 Å². The number of phenols is 1. The molecule has 1 aromatic carbocycles. The molecule has 6 heteroatoms. The number of likely N-dealkylation sites (tertiary alicyclic amines) is 1. The first kappa shape index (κ1) is 20.4. The van der Waals surface area contributed by atoms with Gasteiger partial charge in [0.05, 0.1) is 23.8 Å². The standard InChI is InChI=1S/C24H31N5O/c1-16-22(10-11-28(4)24(16,2)3)29(5)19-7-9-21(25-15-19)20-8-6-17(12-23(20)30)18-13-26-27-14-18/h6-9,12-16,22,30H,10-11H2,1-5H3,(H,26,27). The van der Waals surface area contributed by atoms with Gasteiger partial charge in [0.2, 0.25) is 0 Å². The van der Waals surface area contributed by atoms with Crippen molar-refractivity contribution >= 4 is 5.69 Å². The third kappa shape index (κ3) is 3.56. The number of phenolic OH excluding ortho intramolecular Hbond substituents is 1. The SMILES string of the molecule is CC1C(N(C)c2ccc(-c3ccc(-c4cn[nH]c4)cc3O)nc2)CCN(C)C1(C)C. The Labute approximate surface area is 178 Å². The molecule has 1 saturated heterocycles. The van der Waals surface area contributed by atoms with Crippen LogP contribution in [0.25, 0.3) is 22.4 Å². The molecule has 1 aliphatic heterocycles. The summed E-state index contributed by atoms with van der Waals surface area (Å²) in [5.41, 5.74) is 4.61. The van der Waals surface area contributed by atoms with E-state index in [-0.39, 0.29) is 11.3 Å². The number of nitrogens with zero attached hydrogens (tertiary/aromatic N) is 4. The average molecular weight is 406 g/mol. The number of aromatic hydroxyl groups is 1. The van der Waals surface area contributed by atoms with Gasteiger partial charge in [0, 0.05) is 42.5 Å². The van der Waals surface area contributed by atoms with Crippen molar-refractivity contribution in [2.45, 2.75) is 38.8 Å². The molecule has 0 bridgehead atoms. The molecule has 2 aromatic heterocycles. The molecular formula is C24H31N5O. The van der Waals surface area contributed by atoms with E-state index in [2.05, 4.69) is 65.9 Å². The van der Waals surface area contributed by atoms with Crippen molar-refractivity contribution < 1.29 is 5.11 Å². The number of pyridine rings is 1. The lowest BCUT2D eigenvalue weighted by Crippen LogP contribution is -2.59. The Morgan fingerprint density at radius 1 is 1.17 bits per heavy atom. The summed E-state index contributed by atoms with van der Waals surface area (Å²) in [5.74, 6) is 0.744. The fourth-order valence-corrected chi connectivity index (χ4v) is 4.49. The minimum Gasteiger partial charge on any atom is -0.507 e. The molecule has 0 spiro atoms. The van der Waals surface area contributed by atoms with Crippen LogP contribution in [0.4, 0.5) is 5.69 Å². The number of nitrogens with one attached hydrogen (secondary N) is 1. The lowest BCUT2D eigenvalue weighted by molar-refractivity contribution is 0.0393. The molecular weight excluding hydrogens is 374 g/mol. The summed E-state index contributed by atoms with van der Waals surface area (Å²) in [6.07, 6.45) is 6.59. The summed E-state index contributed by atoms with van der Waals surface area (Å²) in [7, 11) is 4.38. The van der Waals surface area contributed by atoms with Crippen molar-refractivity contribution in [3.05, 3.63) is 48.9 Å². The van der Waals surface area contributed by atoms with Gasteiger partial charge in [0.25, 0.3) is 0 Å². The fraction of sp³-hybridized carbons (Fsp3) is 0.417. The van der Waals surface area contributed by atoms with Crippen molar-refractivity contribution in [2.24, 2.45) is 5.92 Å². The van der Waals surface area contributed by atoms with E-state index < -0.39 is 0 Å². The monoisotopic (exact) mass is 405 g/mol. The number of rotatable bonds is 4. The number of piperidine rings is 1. The van der Waals surface area contributed by atoms with Crippen LogP contribution in [-0.2, 0) is 0 Å². The molecule has 0 radical (unpaired) electrons. The van der Waals surface area contributed by atoms with E-state index in [1.54, 1.807) is 12.3 Å². The Bertz CT molecular complexity index is 997. The zero-order valence-corrected chi connectivity index (χ0v) is 18.4. The number of hydrogen-bond donors (Lipinski definition) is 2. The zero-order valence-electron chi connectivity index (χ0n) is 18.4. The van der Waals surface area contributed by atoms with Crippen LogP contribution in [0, 0.1) is 5.92 Å². The van der Waals surface area contributed by atoms with Crippen molar-refractivity contribution in [2.75, 3.05) is 25.5 Å². The van der Waals surface area contributed by atoms with Gasteiger partial charge in [0.15, 0.2) is 0 Å². The van der Waals surface area contributed by atoms with E-state index in [0.29, 0.717) is 12.0 Å². The summed E-state index contributed by atoms with van der Waals surface area (Å²) in [4.78, 5) is 9.48. The van der Waals surface area contributed by atoms with E-state index >= 15 is 0 Å². The topological polar surface area (TPSA) is 68.3 Å². The number of aromatic nitrogens is 3. The number of hydrogen-bond acceptors (Lipinski definition) is 5. The molecule has 158 valence electrons. The van der Waals surface area contributed by atoms with Gasteiger partial charge in [0.1, 0.15) is 5.75 Å². The molecule has 3 aromatic rings. The zero-order chi connectivity index (χ0) is 21.5. The third-order valence-electron chi connectivity index (χ3n) is 7.19. The van der Waals surface area contributed by atoms with E-state index in [4.69, 9.17) is 0 Å². The quantitative estimate of drug-likeness (QED) is 0.673. The summed E-state index contributed by atoms with van der Waals surface area (Å²) in [5, 5.41) is 17.3. The maximum atomic E-state index is 10.6. The first-order chi connectivity index (χ1) is 14.3. The second-order valence-corrected chi connectivity index (χ2v) is 8.95. The fourth-order valence-electron chi connectivity index (χ4n) is 4.49. The number of H-pyrrole nitrogens is 1. The van der Waals surface area contributed by atoms with E-state index in [9.17, 15) is 5.11 Å². The lowest BCUT2D eigenvalue weighted by Gasteiger charge is -2.51. The van der Waals surface area contributed by atoms with Gasteiger partial charge in [-0.05, 0) is 63.1 Å². The van der Waals surface area contributed by atoms with E-state index in [1.165, 1.54) is 0 Å². The number of aromatic amines is 1. The van der Waals surface area contributed by atoms with Gasteiger partial charge in [-0.1, -0.05) is 13.0 Å². The van der Waals surface area contributed by atoms with Gasteiger partial charge >= 0.3 is 0 Å². The predicted molar refractivity (Wildman–Crippen MR) is 122 cm³/mol. The normalized spacial score (nSPS) is 21.5. The van der Waals surface area contributed by atoms with Gasteiger partial charge < -0.3 is 14.9 Å². The van der Waals surface area contributed by atoms with Gasteiger partial charge in [-0.2, -0.15) is 5.10 Å². The largest absolute Gasteiger partial charge is 0.507 e. The Hall–Kier alpha value is -2.86. The lowest BCUT2D eigenvalue weighted by atomic mass is 9.76. The average Bonchev–Trinajstić information content (AvgIpc) is 3.27. The highest BCUT2D eigenvalue weighted by Gasteiger charge is 2.41. The second kappa shape index (κ2) is 7.76. The number of anilines is 1. The van der Waals surface area contributed by atoms with Crippen LogP contribution in [-0.4, -0.2) is 57.4 Å². The highest BCUT2D eigenvalue weighted by Crippen LogP contribution is 2.37. The van der Waals surface area contributed by atoms with Crippen LogP contribution in [0.3, 0.4) is 0 Å².